The summed E-state index contributed by atoms with van der Waals surface area (Å²) in [6, 6.07) is 15.9. The lowest BCUT2D eigenvalue weighted by atomic mass is 9.90. The summed E-state index contributed by atoms with van der Waals surface area (Å²) in [6.45, 7) is 5.35. The Morgan fingerprint density at radius 3 is 2.76 bits per heavy atom. The quantitative estimate of drug-likeness (QED) is 0.458. The zero-order chi connectivity index (χ0) is 22.8. The van der Waals surface area contributed by atoms with E-state index in [-0.39, 0.29) is 17.9 Å². The summed E-state index contributed by atoms with van der Waals surface area (Å²) in [7, 11) is 0. The Kier molecular flexibility index (Phi) is 5.77. The molecule has 0 bridgehead atoms. The van der Waals surface area contributed by atoms with Crippen molar-refractivity contribution in [3.8, 4) is 11.6 Å². The van der Waals surface area contributed by atoms with Crippen molar-refractivity contribution in [1.29, 1.82) is 0 Å². The Balaban J connectivity index is 1.36. The molecule has 1 aliphatic heterocycles. The number of fused-ring (bicyclic) bond motifs is 1. The maximum absolute atomic E-state index is 13.7. The number of likely N-dealkylation sites (tertiary alicyclic amines) is 1. The number of piperidine rings is 1. The van der Waals surface area contributed by atoms with E-state index in [2.05, 4.69) is 28.2 Å². The van der Waals surface area contributed by atoms with Crippen LogP contribution in [0.4, 0.5) is 0 Å². The Hall–Kier alpha value is -3.74. The molecule has 4 aromatic rings. The minimum Gasteiger partial charge on any atom is -0.477 e. The SMILES string of the molecule is Cc1ccc(-n2nccn2)c(C(=O)N2CCC[C@@H](COc3nccc4ccccc34)[C@@H]2C)c1. The summed E-state index contributed by atoms with van der Waals surface area (Å²) in [5, 5.41) is 10.6. The lowest BCUT2D eigenvalue weighted by molar-refractivity contribution is 0.0449. The lowest BCUT2D eigenvalue weighted by Gasteiger charge is -2.39. The third-order valence-electron chi connectivity index (χ3n) is 6.50. The van der Waals surface area contributed by atoms with E-state index in [1.54, 1.807) is 18.6 Å². The van der Waals surface area contributed by atoms with Crippen LogP contribution >= 0.6 is 0 Å². The van der Waals surface area contributed by atoms with E-state index >= 15 is 0 Å². The van der Waals surface area contributed by atoms with Gasteiger partial charge in [0.2, 0.25) is 5.88 Å². The summed E-state index contributed by atoms with van der Waals surface area (Å²) in [4.78, 5) is 21.6. The van der Waals surface area contributed by atoms with Gasteiger partial charge in [-0.15, -0.1) is 0 Å². The number of aromatic nitrogens is 4. The van der Waals surface area contributed by atoms with Crippen molar-refractivity contribution in [3.05, 3.63) is 78.2 Å². The molecule has 0 aliphatic carbocycles. The first-order valence-corrected chi connectivity index (χ1v) is 11.4. The molecule has 168 valence electrons. The summed E-state index contributed by atoms with van der Waals surface area (Å²) in [5.74, 6) is 0.875. The number of pyridine rings is 1. The fourth-order valence-electron chi connectivity index (χ4n) is 4.62. The van der Waals surface area contributed by atoms with Gasteiger partial charge in [0.1, 0.15) is 0 Å². The Bertz CT molecular complexity index is 1270. The van der Waals surface area contributed by atoms with Gasteiger partial charge >= 0.3 is 0 Å². The summed E-state index contributed by atoms with van der Waals surface area (Å²) >= 11 is 0. The third kappa shape index (κ3) is 4.18. The number of ether oxygens (including phenoxy) is 1. The predicted molar refractivity (Wildman–Crippen MR) is 127 cm³/mol. The number of nitrogens with zero attached hydrogens (tertiary/aromatic N) is 5. The van der Waals surface area contributed by atoms with Crippen molar-refractivity contribution in [2.24, 2.45) is 5.92 Å². The molecular formula is C26H27N5O2. The molecule has 1 fully saturated rings. The van der Waals surface area contributed by atoms with Gasteiger partial charge in [0.15, 0.2) is 0 Å². The molecule has 33 heavy (non-hydrogen) atoms. The monoisotopic (exact) mass is 441 g/mol. The van der Waals surface area contributed by atoms with Gasteiger partial charge in [-0.2, -0.15) is 15.0 Å². The second-order valence-corrected chi connectivity index (χ2v) is 8.63. The fraction of sp³-hybridized carbons (Fsp3) is 0.308. The van der Waals surface area contributed by atoms with Gasteiger partial charge in [0.05, 0.1) is 30.3 Å². The Morgan fingerprint density at radius 2 is 1.91 bits per heavy atom. The molecule has 0 saturated carbocycles. The normalized spacial score (nSPS) is 18.4. The van der Waals surface area contributed by atoms with Crippen LogP contribution in [0.3, 0.4) is 0 Å². The van der Waals surface area contributed by atoms with Crippen molar-refractivity contribution in [2.45, 2.75) is 32.7 Å². The van der Waals surface area contributed by atoms with Crippen LogP contribution < -0.4 is 4.74 Å². The molecule has 0 radical (unpaired) electrons. The predicted octanol–water partition coefficient (Wildman–Crippen LogP) is 4.44. The number of amides is 1. The highest BCUT2D eigenvalue weighted by Gasteiger charge is 2.33. The van der Waals surface area contributed by atoms with Crippen molar-refractivity contribution in [1.82, 2.24) is 24.9 Å². The number of aryl methyl sites for hydroxylation is 1. The standard InChI is InChI=1S/C26H27N5O2/c1-18-9-10-24(31-28-13-14-29-31)23(16-18)26(32)30-15-5-7-21(19(30)2)17-33-25-22-8-4-3-6-20(22)11-12-27-25/h3-4,6,8-14,16,19,21H,5,7,15,17H2,1-2H3/t19-,21-/m0/s1. The van der Waals surface area contributed by atoms with Crippen molar-refractivity contribution in [3.63, 3.8) is 0 Å². The van der Waals surface area contributed by atoms with Gasteiger partial charge in [-0.1, -0.05) is 29.8 Å². The highest BCUT2D eigenvalue weighted by Crippen LogP contribution is 2.29. The Morgan fingerprint density at radius 1 is 1.09 bits per heavy atom. The maximum atomic E-state index is 13.7. The average molecular weight is 442 g/mol. The van der Waals surface area contributed by atoms with E-state index in [0.717, 1.165) is 35.7 Å². The van der Waals surface area contributed by atoms with Gasteiger partial charge in [0, 0.05) is 30.1 Å². The lowest BCUT2D eigenvalue weighted by Crippen LogP contribution is -2.48. The molecule has 7 heteroatoms. The van der Waals surface area contributed by atoms with Crippen LogP contribution in [0.2, 0.25) is 0 Å². The number of rotatable bonds is 5. The zero-order valence-corrected chi connectivity index (χ0v) is 18.9. The van der Waals surface area contributed by atoms with E-state index in [4.69, 9.17) is 4.74 Å². The van der Waals surface area contributed by atoms with Gasteiger partial charge < -0.3 is 9.64 Å². The van der Waals surface area contributed by atoms with Crippen LogP contribution in [0.5, 0.6) is 5.88 Å². The highest BCUT2D eigenvalue weighted by atomic mass is 16.5. The minimum absolute atomic E-state index is 0.00601. The van der Waals surface area contributed by atoms with E-state index in [1.165, 1.54) is 4.80 Å². The first-order valence-electron chi connectivity index (χ1n) is 11.4. The number of hydrogen-bond donors (Lipinski definition) is 0. The summed E-state index contributed by atoms with van der Waals surface area (Å²) < 4.78 is 6.19. The van der Waals surface area contributed by atoms with Gasteiger partial charge in [-0.3, -0.25) is 4.79 Å². The van der Waals surface area contributed by atoms with Crippen LogP contribution in [0.15, 0.2) is 67.1 Å². The topological polar surface area (TPSA) is 73.1 Å². The molecule has 0 N–H and O–H groups in total. The van der Waals surface area contributed by atoms with E-state index in [0.29, 0.717) is 23.7 Å². The number of carbonyl (C=O) groups is 1. The fourth-order valence-corrected chi connectivity index (χ4v) is 4.62. The molecule has 2 aromatic carbocycles. The van der Waals surface area contributed by atoms with Crippen LogP contribution in [-0.4, -0.2) is 50.0 Å². The summed E-state index contributed by atoms with van der Waals surface area (Å²) in [5.41, 5.74) is 2.34. The van der Waals surface area contributed by atoms with E-state index < -0.39 is 0 Å². The van der Waals surface area contributed by atoms with Crippen molar-refractivity contribution >= 4 is 16.7 Å². The van der Waals surface area contributed by atoms with Crippen LogP contribution in [0.1, 0.15) is 35.7 Å². The second-order valence-electron chi connectivity index (χ2n) is 8.63. The molecule has 1 amide bonds. The maximum Gasteiger partial charge on any atom is 0.256 e. The first-order chi connectivity index (χ1) is 16.1. The molecular weight excluding hydrogens is 414 g/mol. The number of hydrogen-bond acceptors (Lipinski definition) is 5. The van der Waals surface area contributed by atoms with Crippen molar-refractivity contribution < 1.29 is 9.53 Å². The third-order valence-corrected chi connectivity index (χ3v) is 6.50. The van der Waals surface area contributed by atoms with E-state index in [1.807, 2.05) is 54.3 Å². The molecule has 2 atom stereocenters. The summed E-state index contributed by atoms with van der Waals surface area (Å²) in [6.07, 6.45) is 6.96. The molecule has 3 heterocycles. The van der Waals surface area contributed by atoms with Gasteiger partial charge in [-0.05, 0) is 56.3 Å². The second kappa shape index (κ2) is 9.02. The largest absolute Gasteiger partial charge is 0.477 e. The molecule has 1 saturated heterocycles. The smallest absolute Gasteiger partial charge is 0.256 e. The average Bonchev–Trinajstić information content (AvgIpc) is 3.38. The van der Waals surface area contributed by atoms with Crippen LogP contribution in [0, 0.1) is 12.8 Å². The molecule has 2 aromatic heterocycles. The number of carbonyl (C=O) groups excluding carboxylic acids is 1. The zero-order valence-electron chi connectivity index (χ0n) is 18.9. The van der Waals surface area contributed by atoms with Gasteiger partial charge in [-0.25, -0.2) is 4.98 Å². The molecule has 0 spiro atoms. The Labute approximate surface area is 193 Å². The highest BCUT2D eigenvalue weighted by molar-refractivity contribution is 5.98. The molecule has 5 rings (SSSR count). The van der Waals surface area contributed by atoms with Gasteiger partial charge in [0.25, 0.3) is 5.91 Å². The van der Waals surface area contributed by atoms with Crippen LogP contribution in [-0.2, 0) is 0 Å². The van der Waals surface area contributed by atoms with E-state index in [9.17, 15) is 4.79 Å². The molecule has 1 aliphatic rings. The molecule has 0 unspecified atom stereocenters. The minimum atomic E-state index is 0.00601. The molecule has 7 nitrogen and oxygen atoms in total. The number of benzene rings is 2. The van der Waals surface area contributed by atoms with Crippen LogP contribution in [0.25, 0.3) is 16.5 Å². The van der Waals surface area contributed by atoms with Crippen molar-refractivity contribution in [2.75, 3.05) is 13.2 Å². The first kappa shape index (κ1) is 21.1.